The lowest BCUT2D eigenvalue weighted by Gasteiger charge is -2.08. The van der Waals surface area contributed by atoms with Crippen molar-refractivity contribution < 1.29 is 17.2 Å². The van der Waals surface area contributed by atoms with E-state index in [0.717, 1.165) is 12.1 Å². The average molecular weight is 274 g/mol. The van der Waals surface area contributed by atoms with Crippen LogP contribution in [0.4, 0.5) is 20.2 Å². The van der Waals surface area contributed by atoms with Gasteiger partial charge in [-0.25, -0.2) is 17.2 Å². The molecule has 0 spiro atoms. The van der Waals surface area contributed by atoms with Crippen molar-refractivity contribution in [1.82, 2.24) is 10.2 Å². The summed E-state index contributed by atoms with van der Waals surface area (Å²) in [4.78, 5) is -0.734. The Labute approximate surface area is 101 Å². The molecule has 0 aliphatic heterocycles. The van der Waals surface area contributed by atoms with Gasteiger partial charge in [0.25, 0.3) is 10.0 Å². The highest BCUT2D eigenvalue weighted by Crippen LogP contribution is 2.24. The van der Waals surface area contributed by atoms with Crippen LogP contribution in [-0.2, 0) is 10.0 Å². The number of nitrogens with one attached hydrogen (secondary N) is 2. The summed E-state index contributed by atoms with van der Waals surface area (Å²) in [5, 5.41) is 5.91. The molecule has 2 rings (SSSR count). The van der Waals surface area contributed by atoms with Gasteiger partial charge in [-0.1, -0.05) is 0 Å². The number of aromatic amines is 1. The van der Waals surface area contributed by atoms with E-state index < -0.39 is 32.2 Å². The Morgan fingerprint density at radius 3 is 2.67 bits per heavy atom. The molecule has 0 radical (unpaired) electrons. The highest BCUT2D eigenvalue weighted by molar-refractivity contribution is 7.92. The Hall–Kier alpha value is -2.16. The summed E-state index contributed by atoms with van der Waals surface area (Å²) in [5.41, 5.74) is 4.37. The normalized spacial score (nSPS) is 11.4. The topological polar surface area (TPSA) is 101 Å². The molecule has 0 saturated carbocycles. The Morgan fingerprint density at radius 2 is 2.06 bits per heavy atom. The molecule has 9 heteroatoms. The maximum atomic E-state index is 13.6. The van der Waals surface area contributed by atoms with Crippen molar-refractivity contribution in [2.24, 2.45) is 0 Å². The number of halogens is 2. The molecular weight excluding hydrogens is 266 g/mol. The second kappa shape index (κ2) is 4.26. The van der Waals surface area contributed by atoms with Crippen molar-refractivity contribution in [1.29, 1.82) is 0 Å². The summed E-state index contributed by atoms with van der Waals surface area (Å²) in [6.45, 7) is 0. The predicted molar refractivity (Wildman–Crippen MR) is 60.2 cm³/mol. The molecule has 18 heavy (non-hydrogen) atoms. The first-order chi connectivity index (χ1) is 8.42. The second-order valence-electron chi connectivity index (χ2n) is 3.37. The predicted octanol–water partition coefficient (Wildman–Crippen LogP) is 1.07. The lowest BCUT2D eigenvalue weighted by atomic mass is 10.3. The molecule has 0 aliphatic rings. The van der Waals surface area contributed by atoms with Gasteiger partial charge in [-0.15, -0.1) is 0 Å². The summed E-state index contributed by atoms with van der Waals surface area (Å²) in [5.74, 6) is -2.35. The Balaban J connectivity index is 2.45. The largest absolute Gasteiger partial charge is 0.394 e. The first-order valence-corrected chi connectivity index (χ1v) is 6.15. The minimum atomic E-state index is -4.18. The van der Waals surface area contributed by atoms with Gasteiger partial charge in [0.05, 0.1) is 11.9 Å². The number of benzene rings is 1. The van der Waals surface area contributed by atoms with Crippen LogP contribution < -0.4 is 10.5 Å². The molecule has 4 N–H and O–H groups in total. The van der Waals surface area contributed by atoms with Crippen LogP contribution >= 0.6 is 0 Å². The summed E-state index contributed by atoms with van der Waals surface area (Å²) in [6, 6.07) is 1.58. The molecular formula is C9H8F2N4O2S. The monoisotopic (exact) mass is 274 g/mol. The molecule has 1 heterocycles. The lowest BCUT2D eigenvalue weighted by molar-refractivity contribution is 0.557. The summed E-state index contributed by atoms with van der Waals surface area (Å²) >= 11 is 0. The Kier molecular flexibility index (Phi) is 2.91. The van der Waals surface area contributed by atoms with Gasteiger partial charge in [0.15, 0.2) is 5.82 Å². The quantitative estimate of drug-likeness (QED) is 0.729. The number of rotatable bonds is 3. The lowest BCUT2D eigenvalue weighted by Crippen LogP contribution is -2.15. The third kappa shape index (κ3) is 2.12. The maximum Gasteiger partial charge on any atom is 0.265 e. The van der Waals surface area contributed by atoms with E-state index in [0.29, 0.717) is 0 Å². The number of anilines is 2. The fraction of sp³-hybridized carbons (Fsp3) is 0. The third-order valence-electron chi connectivity index (χ3n) is 2.13. The van der Waals surface area contributed by atoms with Gasteiger partial charge in [0, 0.05) is 6.20 Å². The zero-order valence-corrected chi connectivity index (χ0v) is 9.63. The van der Waals surface area contributed by atoms with Crippen molar-refractivity contribution in [3.63, 3.8) is 0 Å². The second-order valence-corrected chi connectivity index (χ2v) is 5.02. The molecule has 0 atom stereocenters. The van der Waals surface area contributed by atoms with Crippen LogP contribution in [0.25, 0.3) is 0 Å². The summed E-state index contributed by atoms with van der Waals surface area (Å²) in [6.07, 6.45) is 2.46. The van der Waals surface area contributed by atoms with Crippen molar-refractivity contribution in [3.8, 4) is 0 Å². The fourth-order valence-electron chi connectivity index (χ4n) is 1.27. The molecule has 2 aromatic rings. The van der Waals surface area contributed by atoms with Crippen molar-refractivity contribution >= 4 is 21.4 Å². The van der Waals surface area contributed by atoms with Crippen LogP contribution in [0.3, 0.4) is 0 Å². The number of hydrogen-bond donors (Lipinski definition) is 3. The third-order valence-corrected chi connectivity index (χ3v) is 3.53. The van der Waals surface area contributed by atoms with E-state index in [1.165, 1.54) is 12.4 Å². The maximum absolute atomic E-state index is 13.6. The Morgan fingerprint density at radius 1 is 1.33 bits per heavy atom. The summed E-state index contributed by atoms with van der Waals surface area (Å²) < 4.78 is 52.2. The fourth-order valence-corrected chi connectivity index (χ4v) is 2.40. The van der Waals surface area contributed by atoms with E-state index in [4.69, 9.17) is 5.73 Å². The summed E-state index contributed by atoms with van der Waals surface area (Å²) in [7, 11) is -4.18. The number of nitrogens with zero attached hydrogens (tertiary/aromatic N) is 1. The van der Waals surface area contributed by atoms with Crippen LogP contribution in [-0.4, -0.2) is 18.6 Å². The molecule has 0 saturated heterocycles. The minimum Gasteiger partial charge on any atom is -0.394 e. The molecule has 96 valence electrons. The number of nitrogen functional groups attached to an aromatic ring is 1. The molecule has 1 aromatic carbocycles. The van der Waals surface area contributed by atoms with Gasteiger partial charge in [0.2, 0.25) is 0 Å². The van der Waals surface area contributed by atoms with E-state index in [9.17, 15) is 17.2 Å². The SMILES string of the molecule is Nc1c(F)ccc(S(=O)(=O)Nc2cn[nH]c2)c1F. The van der Waals surface area contributed by atoms with Crippen LogP contribution in [0.5, 0.6) is 0 Å². The van der Waals surface area contributed by atoms with Gasteiger partial charge in [-0.2, -0.15) is 5.10 Å². The van der Waals surface area contributed by atoms with Crippen molar-refractivity contribution in [3.05, 3.63) is 36.2 Å². The zero-order valence-electron chi connectivity index (χ0n) is 8.81. The number of hydrogen-bond acceptors (Lipinski definition) is 4. The van der Waals surface area contributed by atoms with Crippen LogP contribution in [0.2, 0.25) is 0 Å². The van der Waals surface area contributed by atoms with Crippen LogP contribution in [0.1, 0.15) is 0 Å². The molecule has 0 unspecified atom stereocenters. The number of aromatic nitrogens is 2. The van der Waals surface area contributed by atoms with Gasteiger partial charge in [-0.05, 0) is 12.1 Å². The first-order valence-electron chi connectivity index (χ1n) is 4.67. The van der Waals surface area contributed by atoms with Gasteiger partial charge < -0.3 is 5.73 Å². The standard InChI is InChI=1S/C9H8F2N4O2S/c10-6-1-2-7(8(11)9(6)12)18(16,17)15-5-3-13-14-4-5/h1-4,15H,12H2,(H,13,14). The van der Waals surface area contributed by atoms with Crippen molar-refractivity contribution in [2.75, 3.05) is 10.5 Å². The van der Waals surface area contributed by atoms with E-state index in [1.54, 1.807) is 0 Å². The molecule has 6 nitrogen and oxygen atoms in total. The highest BCUT2D eigenvalue weighted by Gasteiger charge is 2.22. The van der Waals surface area contributed by atoms with E-state index >= 15 is 0 Å². The zero-order chi connectivity index (χ0) is 13.3. The molecule has 0 fully saturated rings. The van der Waals surface area contributed by atoms with Crippen LogP contribution in [0.15, 0.2) is 29.4 Å². The number of H-pyrrole nitrogens is 1. The molecule has 0 aliphatic carbocycles. The number of sulfonamides is 1. The van der Waals surface area contributed by atoms with E-state index in [2.05, 4.69) is 14.9 Å². The molecule has 0 bridgehead atoms. The van der Waals surface area contributed by atoms with Crippen LogP contribution in [0, 0.1) is 11.6 Å². The minimum absolute atomic E-state index is 0.122. The molecule has 1 aromatic heterocycles. The van der Waals surface area contributed by atoms with Gasteiger partial charge >= 0.3 is 0 Å². The van der Waals surface area contributed by atoms with Crippen molar-refractivity contribution in [2.45, 2.75) is 4.90 Å². The van der Waals surface area contributed by atoms with Gasteiger partial charge in [-0.3, -0.25) is 9.82 Å². The molecule has 0 amide bonds. The first kappa shape index (κ1) is 12.3. The Bertz CT molecular complexity index is 670. The average Bonchev–Trinajstić information content (AvgIpc) is 2.77. The van der Waals surface area contributed by atoms with Gasteiger partial charge in [0.1, 0.15) is 16.4 Å². The smallest absolute Gasteiger partial charge is 0.265 e. The highest BCUT2D eigenvalue weighted by atomic mass is 32.2. The van der Waals surface area contributed by atoms with E-state index in [1.807, 2.05) is 0 Å². The van der Waals surface area contributed by atoms with E-state index in [-0.39, 0.29) is 5.69 Å². The number of nitrogens with two attached hydrogens (primary N) is 1.